The Kier molecular flexibility index (Phi) is 68.7. The number of hydrogen-bond acceptors (Lipinski definition) is 15. The second-order valence-corrected chi connectivity index (χ2v) is 33.3. The number of carbonyl (C=O) groups is 4. The Morgan fingerprint density at radius 2 is 0.480 bits per heavy atom. The van der Waals surface area contributed by atoms with Crippen molar-refractivity contribution in [1.29, 1.82) is 0 Å². The van der Waals surface area contributed by atoms with E-state index in [0.717, 1.165) is 120 Å². The standard InChI is InChI=1S/C81H158O17P2/c1-9-72(6)58-50-42-34-28-22-18-16-14-12-13-15-17-19-23-30-36-45-53-61-78(83)91-67-76(97-80(85)63-55-47-37-31-24-20-21-27-33-41-49-57-71(4)5)69-95-99(87,88)93-65-75(82)66-94-100(89,90)96-70-77(68-92-79(84)62-54-46-40-39-44-52-60-74(8)11-3)98-81(86)64-56-48-38-32-26-25-29-35-43-51-59-73(7)10-2/h71-77,82H,9-70H2,1-8H3,(H,87,88)(H,89,90)/t72?,73?,74?,75-,76-,77-/m1/s1. The zero-order chi connectivity index (χ0) is 73.8. The maximum atomic E-state index is 13.1. The van der Waals surface area contributed by atoms with Crippen molar-refractivity contribution in [2.24, 2.45) is 23.7 Å². The van der Waals surface area contributed by atoms with Gasteiger partial charge in [-0.2, -0.15) is 0 Å². The molecule has 100 heavy (non-hydrogen) atoms. The predicted molar refractivity (Wildman–Crippen MR) is 409 cm³/mol. The van der Waals surface area contributed by atoms with Crippen LogP contribution in [0.3, 0.4) is 0 Å². The lowest BCUT2D eigenvalue weighted by molar-refractivity contribution is -0.161. The van der Waals surface area contributed by atoms with Gasteiger partial charge in [0.15, 0.2) is 12.2 Å². The minimum absolute atomic E-state index is 0.105. The highest BCUT2D eigenvalue weighted by atomic mass is 31.2. The summed E-state index contributed by atoms with van der Waals surface area (Å²) in [4.78, 5) is 73.0. The summed E-state index contributed by atoms with van der Waals surface area (Å²) >= 11 is 0. The van der Waals surface area contributed by atoms with E-state index in [0.29, 0.717) is 25.7 Å². The van der Waals surface area contributed by atoms with Gasteiger partial charge in [0.05, 0.1) is 26.4 Å². The minimum atomic E-state index is -4.96. The largest absolute Gasteiger partial charge is 0.472 e. The lowest BCUT2D eigenvalue weighted by Gasteiger charge is -2.21. The van der Waals surface area contributed by atoms with Gasteiger partial charge in [-0.3, -0.25) is 37.3 Å². The van der Waals surface area contributed by atoms with E-state index in [4.69, 9.17) is 37.0 Å². The summed E-state index contributed by atoms with van der Waals surface area (Å²) in [7, 11) is -9.92. The first-order chi connectivity index (χ1) is 48.2. The summed E-state index contributed by atoms with van der Waals surface area (Å²) in [6.07, 6.45) is 56.9. The fourth-order valence-electron chi connectivity index (χ4n) is 12.3. The van der Waals surface area contributed by atoms with Gasteiger partial charge in [0.1, 0.15) is 19.3 Å². The maximum absolute atomic E-state index is 13.1. The smallest absolute Gasteiger partial charge is 0.462 e. The van der Waals surface area contributed by atoms with Gasteiger partial charge in [-0.05, 0) is 49.4 Å². The van der Waals surface area contributed by atoms with E-state index < -0.39 is 97.5 Å². The molecule has 0 aliphatic rings. The van der Waals surface area contributed by atoms with Gasteiger partial charge in [0, 0.05) is 25.7 Å². The number of hydrogen-bond donors (Lipinski definition) is 3. The van der Waals surface area contributed by atoms with E-state index in [-0.39, 0.29) is 25.7 Å². The topological polar surface area (TPSA) is 237 Å². The molecular formula is C81H158O17P2. The van der Waals surface area contributed by atoms with E-state index in [1.54, 1.807) is 0 Å². The first-order valence-corrected chi connectivity index (χ1v) is 44.8. The van der Waals surface area contributed by atoms with Crippen LogP contribution < -0.4 is 0 Å². The number of carbonyl (C=O) groups excluding carboxylic acids is 4. The SMILES string of the molecule is CCC(C)CCCCCCCCCCCCCCCCCCCCC(=O)OC[C@H](COP(=O)(O)OC[C@@H](O)COP(=O)(O)OC[C@@H](COC(=O)CCCCCCCCC(C)CC)OC(=O)CCCCCCCCCCCCC(C)CC)OC(=O)CCCCCCCCCCCCCC(C)C. The number of phosphoric acid groups is 2. The van der Waals surface area contributed by atoms with Gasteiger partial charge in [-0.25, -0.2) is 9.13 Å². The predicted octanol–water partition coefficient (Wildman–Crippen LogP) is 24.0. The zero-order valence-corrected chi connectivity index (χ0v) is 67.6. The third kappa shape index (κ3) is 70.4. The van der Waals surface area contributed by atoms with Gasteiger partial charge < -0.3 is 33.8 Å². The molecule has 0 aromatic rings. The van der Waals surface area contributed by atoms with Crippen LogP contribution in [-0.2, 0) is 65.4 Å². The molecule has 0 bridgehead atoms. The van der Waals surface area contributed by atoms with Crippen LogP contribution in [0.4, 0.5) is 0 Å². The maximum Gasteiger partial charge on any atom is 0.472 e. The highest BCUT2D eigenvalue weighted by molar-refractivity contribution is 7.47. The molecule has 5 unspecified atom stereocenters. The van der Waals surface area contributed by atoms with Crippen molar-refractivity contribution in [3.63, 3.8) is 0 Å². The summed E-state index contributed by atoms with van der Waals surface area (Å²) in [5.41, 5.74) is 0. The number of unbranched alkanes of at least 4 members (excludes halogenated alkanes) is 41. The number of aliphatic hydroxyl groups excluding tert-OH is 1. The second kappa shape index (κ2) is 70.1. The van der Waals surface area contributed by atoms with Crippen LogP contribution in [0.15, 0.2) is 0 Å². The van der Waals surface area contributed by atoms with Crippen LogP contribution in [0.5, 0.6) is 0 Å². The molecule has 0 aliphatic carbocycles. The zero-order valence-electron chi connectivity index (χ0n) is 65.8. The van der Waals surface area contributed by atoms with Gasteiger partial charge in [-0.15, -0.1) is 0 Å². The van der Waals surface area contributed by atoms with Gasteiger partial charge in [0.25, 0.3) is 0 Å². The first kappa shape index (κ1) is 98.1. The van der Waals surface area contributed by atoms with Crippen LogP contribution in [0, 0.1) is 23.7 Å². The van der Waals surface area contributed by atoms with Crippen molar-refractivity contribution in [2.45, 2.75) is 433 Å². The Bertz CT molecular complexity index is 1960. The van der Waals surface area contributed by atoms with E-state index in [9.17, 15) is 43.2 Å². The van der Waals surface area contributed by atoms with E-state index >= 15 is 0 Å². The summed E-state index contributed by atoms with van der Waals surface area (Å²) in [6.45, 7) is 14.3. The summed E-state index contributed by atoms with van der Waals surface area (Å²) in [5.74, 6) is 1.06. The Balaban J connectivity index is 5.20. The van der Waals surface area contributed by atoms with Gasteiger partial charge >= 0.3 is 39.5 Å². The number of esters is 4. The van der Waals surface area contributed by atoms with Gasteiger partial charge in [0.2, 0.25) is 0 Å². The van der Waals surface area contributed by atoms with Gasteiger partial charge in [-0.1, -0.05) is 364 Å². The molecule has 8 atom stereocenters. The molecule has 0 amide bonds. The fourth-order valence-corrected chi connectivity index (χ4v) is 13.9. The van der Waals surface area contributed by atoms with Crippen molar-refractivity contribution in [2.75, 3.05) is 39.6 Å². The Morgan fingerprint density at radius 1 is 0.280 bits per heavy atom. The monoisotopic (exact) mass is 1470 g/mol. The minimum Gasteiger partial charge on any atom is -0.462 e. The van der Waals surface area contributed by atoms with Crippen molar-refractivity contribution in [3.05, 3.63) is 0 Å². The van der Waals surface area contributed by atoms with Crippen LogP contribution in [0.25, 0.3) is 0 Å². The second-order valence-electron chi connectivity index (χ2n) is 30.4. The Labute approximate surface area is 613 Å². The molecule has 0 rings (SSSR count). The first-order valence-electron chi connectivity index (χ1n) is 41.8. The Hall–Kier alpha value is -1.94. The molecule has 17 nitrogen and oxygen atoms in total. The summed E-state index contributed by atoms with van der Waals surface area (Å²) in [6, 6.07) is 0. The summed E-state index contributed by atoms with van der Waals surface area (Å²) < 4.78 is 68.7. The molecule has 3 N–H and O–H groups in total. The molecule has 0 heterocycles. The van der Waals surface area contributed by atoms with Crippen LogP contribution >= 0.6 is 15.6 Å². The lowest BCUT2D eigenvalue weighted by atomic mass is 9.99. The molecule has 0 saturated heterocycles. The molecule has 0 fully saturated rings. The van der Waals surface area contributed by atoms with E-state index in [1.807, 2.05) is 0 Å². The van der Waals surface area contributed by atoms with Crippen LogP contribution in [-0.4, -0.2) is 96.7 Å². The van der Waals surface area contributed by atoms with Crippen molar-refractivity contribution < 1.29 is 80.2 Å². The molecule has 0 aliphatic heterocycles. The van der Waals surface area contributed by atoms with E-state index in [1.165, 1.54) is 212 Å². The molecular weight excluding hydrogens is 1310 g/mol. The quantitative estimate of drug-likeness (QED) is 0.0222. The molecule has 0 radical (unpaired) electrons. The number of ether oxygens (including phenoxy) is 4. The third-order valence-electron chi connectivity index (χ3n) is 19.9. The average Bonchev–Trinajstić information content (AvgIpc) is 0.966. The highest BCUT2D eigenvalue weighted by Gasteiger charge is 2.30. The molecule has 594 valence electrons. The van der Waals surface area contributed by atoms with E-state index in [2.05, 4.69) is 55.4 Å². The molecule has 0 aromatic heterocycles. The number of phosphoric ester groups is 2. The summed E-state index contributed by atoms with van der Waals surface area (Å²) in [5, 5.41) is 10.6. The normalized spacial score (nSPS) is 14.8. The van der Waals surface area contributed by atoms with Crippen molar-refractivity contribution in [1.82, 2.24) is 0 Å². The highest BCUT2D eigenvalue weighted by Crippen LogP contribution is 2.45. The number of rotatable bonds is 78. The molecule has 19 heteroatoms. The van der Waals surface area contributed by atoms with Crippen molar-refractivity contribution in [3.8, 4) is 0 Å². The Morgan fingerprint density at radius 3 is 0.710 bits per heavy atom. The molecule has 0 spiro atoms. The van der Waals surface area contributed by atoms with Crippen LogP contribution in [0.1, 0.15) is 415 Å². The lowest BCUT2D eigenvalue weighted by Crippen LogP contribution is -2.30. The molecule has 0 aromatic carbocycles. The third-order valence-corrected chi connectivity index (χ3v) is 21.8. The van der Waals surface area contributed by atoms with Crippen molar-refractivity contribution >= 4 is 39.5 Å². The van der Waals surface area contributed by atoms with Crippen LogP contribution in [0.2, 0.25) is 0 Å². The average molecular weight is 1470 g/mol. The molecule has 0 saturated carbocycles. The number of aliphatic hydroxyl groups is 1. The fraction of sp³-hybridized carbons (Fsp3) is 0.951.